The van der Waals surface area contributed by atoms with E-state index in [9.17, 15) is 9.59 Å². The van der Waals surface area contributed by atoms with Crippen LogP contribution in [0.4, 0.5) is 5.69 Å². The van der Waals surface area contributed by atoms with Crippen LogP contribution >= 0.6 is 22.6 Å². The van der Waals surface area contributed by atoms with Gasteiger partial charge in [0.25, 0.3) is 5.56 Å². The summed E-state index contributed by atoms with van der Waals surface area (Å²) in [6, 6.07) is 15.2. The summed E-state index contributed by atoms with van der Waals surface area (Å²) in [4.78, 5) is 27.0. The van der Waals surface area contributed by atoms with E-state index in [1.165, 1.54) is 0 Å². The largest absolute Gasteiger partial charge is 0.312 e. The van der Waals surface area contributed by atoms with Crippen molar-refractivity contribution in [3.05, 3.63) is 86.2 Å². The molecule has 4 nitrogen and oxygen atoms in total. The number of fused-ring (bicyclic) bond motifs is 1. The summed E-state index contributed by atoms with van der Waals surface area (Å²) in [5, 5.41) is 0.972. The highest BCUT2D eigenvalue weighted by Crippen LogP contribution is 2.30. The number of benzene rings is 2. The minimum Gasteiger partial charge on any atom is -0.312 e. The van der Waals surface area contributed by atoms with Crippen molar-refractivity contribution in [1.29, 1.82) is 0 Å². The highest BCUT2D eigenvalue weighted by Gasteiger charge is 2.20. The van der Waals surface area contributed by atoms with Crippen LogP contribution in [0.25, 0.3) is 10.9 Å². The molecule has 0 fully saturated rings. The molecule has 1 aromatic heterocycles. The van der Waals surface area contributed by atoms with Gasteiger partial charge in [0, 0.05) is 34.3 Å². The van der Waals surface area contributed by atoms with Crippen LogP contribution in [0.1, 0.15) is 18.1 Å². The lowest BCUT2D eigenvalue weighted by Crippen LogP contribution is -2.33. The second-order valence-corrected chi connectivity index (χ2v) is 7.79. The van der Waals surface area contributed by atoms with Crippen molar-refractivity contribution in [2.24, 2.45) is 7.05 Å². The number of aromatic nitrogens is 1. The molecule has 0 saturated carbocycles. The molecule has 0 N–H and O–H groups in total. The number of amides is 1. The minimum atomic E-state index is -0.0492. The van der Waals surface area contributed by atoms with Gasteiger partial charge in [-0.25, -0.2) is 0 Å². The average Bonchev–Trinajstić information content (AvgIpc) is 2.68. The van der Waals surface area contributed by atoms with Crippen molar-refractivity contribution in [2.45, 2.75) is 19.8 Å². The Morgan fingerprint density at radius 3 is 2.61 bits per heavy atom. The van der Waals surface area contributed by atoms with Crippen LogP contribution in [0.2, 0.25) is 0 Å². The quantitative estimate of drug-likeness (QED) is 0.381. The molecule has 0 aliphatic rings. The van der Waals surface area contributed by atoms with Gasteiger partial charge in [0.2, 0.25) is 5.91 Å². The zero-order chi connectivity index (χ0) is 20.3. The second-order valence-electron chi connectivity index (χ2n) is 6.63. The summed E-state index contributed by atoms with van der Waals surface area (Å²) in [5.74, 6) is 0.0566. The smallest absolute Gasteiger partial charge is 0.250 e. The number of likely N-dealkylation sites (N-methyl/N-ethyl adjacent to an activating group) is 1. The van der Waals surface area contributed by atoms with E-state index in [2.05, 4.69) is 29.2 Å². The Morgan fingerprint density at radius 1 is 1.18 bits per heavy atom. The van der Waals surface area contributed by atoms with Gasteiger partial charge in [-0.2, -0.15) is 0 Å². The van der Waals surface area contributed by atoms with Gasteiger partial charge in [-0.05, 0) is 71.3 Å². The number of carbonyl (C=O) groups excluding carboxylic acids is 1. The van der Waals surface area contributed by atoms with Gasteiger partial charge in [-0.1, -0.05) is 24.3 Å². The van der Waals surface area contributed by atoms with E-state index < -0.39 is 0 Å². The van der Waals surface area contributed by atoms with E-state index in [0.717, 1.165) is 31.3 Å². The molecular weight excluding hydrogens is 463 g/mol. The molecule has 5 heteroatoms. The van der Waals surface area contributed by atoms with Crippen LogP contribution in [0.15, 0.2) is 66.0 Å². The van der Waals surface area contributed by atoms with E-state index in [1.54, 1.807) is 17.7 Å². The number of hydrogen-bond donors (Lipinski definition) is 0. The SMILES string of the molecule is C=CCc1c(N(CC)C(=O)Cc2ccccc2I)ccc2c1ccc(=O)n2C. The van der Waals surface area contributed by atoms with E-state index in [0.29, 0.717) is 19.4 Å². The predicted molar refractivity (Wildman–Crippen MR) is 124 cm³/mol. The molecule has 0 aliphatic heterocycles. The van der Waals surface area contributed by atoms with E-state index >= 15 is 0 Å². The first-order chi connectivity index (χ1) is 13.5. The van der Waals surface area contributed by atoms with Gasteiger partial charge in [0.1, 0.15) is 0 Å². The lowest BCUT2D eigenvalue weighted by molar-refractivity contribution is -0.117. The monoisotopic (exact) mass is 486 g/mol. The number of allylic oxidation sites excluding steroid dienone is 1. The third kappa shape index (κ3) is 3.90. The predicted octanol–water partition coefficient (Wildman–Crippen LogP) is 4.47. The van der Waals surface area contributed by atoms with E-state index in [1.807, 2.05) is 60.4 Å². The number of aryl methyl sites for hydroxylation is 1. The summed E-state index contributed by atoms with van der Waals surface area (Å²) in [5.41, 5.74) is 3.73. The number of nitrogens with zero attached hydrogens (tertiary/aromatic N) is 2. The van der Waals surface area contributed by atoms with Crippen molar-refractivity contribution in [1.82, 2.24) is 4.57 Å². The van der Waals surface area contributed by atoms with Gasteiger partial charge in [0.15, 0.2) is 0 Å². The molecule has 3 rings (SSSR count). The Hall–Kier alpha value is -2.41. The van der Waals surface area contributed by atoms with Gasteiger partial charge in [0.05, 0.1) is 11.9 Å². The summed E-state index contributed by atoms with van der Waals surface area (Å²) < 4.78 is 2.72. The molecule has 0 saturated heterocycles. The topological polar surface area (TPSA) is 42.3 Å². The van der Waals surface area contributed by atoms with Gasteiger partial charge < -0.3 is 9.47 Å². The maximum atomic E-state index is 13.2. The zero-order valence-corrected chi connectivity index (χ0v) is 18.3. The summed E-state index contributed by atoms with van der Waals surface area (Å²) in [7, 11) is 1.77. The second kappa shape index (κ2) is 8.73. The Kier molecular flexibility index (Phi) is 6.34. The number of pyridine rings is 1. The van der Waals surface area contributed by atoms with Crippen LogP contribution in [-0.4, -0.2) is 17.0 Å². The van der Waals surface area contributed by atoms with Gasteiger partial charge in [-0.3, -0.25) is 9.59 Å². The van der Waals surface area contributed by atoms with E-state index in [-0.39, 0.29) is 11.5 Å². The summed E-state index contributed by atoms with van der Waals surface area (Å²) in [6.45, 7) is 6.44. The fourth-order valence-electron chi connectivity index (χ4n) is 3.50. The lowest BCUT2D eigenvalue weighted by Gasteiger charge is -2.25. The molecule has 2 aromatic carbocycles. The normalized spacial score (nSPS) is 10.8. The maximum Gasteiger partial charge on any atom is 0.250 e. The highest BCUT2D eigenvalue weighted by molar-refractivity contribution is 14.1. The molecule has 0 bridgehead atoms. The number of halogens is 1. The third-order valence-corrected chi connectivity index (χ3v) is 6.00. The third-order valence-electron chi connectivity index (χ3n) is 4.95. The first-order valence-corrected chi connectivity index (χ1v) is 10.3. The van der Waals surface area contributed by atoms with Crippen LogP contribution in [0, 0.1) is 3.57 Å². The van der Waals surface area contributed by atoms with E-state index in [4.69, 9.17) is 0 Å². The van der Waals surface area contributed by atoms with Crippen LogP contribution < -0.4 is 10.5 Å². The standard InChI is InChI=1S/C23H23IN2O2/c1-4-8-17-18-11-14-22(27)25(3)20(18)12-13-21(17)26(5-2)23(28)15-16-9-6-7-10-19(16)24/h4,6-7,9-14H,1,5,8,15H2,2-3H3. The van der Waals surface area contributed by atoms with Gasteiger partial charge >= 0.3 is 0 Å². The summed E-state index contributed by atoms with van der Waals surface area (Å²) in [6.07, 6.45) is 2.81. The Morgan fingerprint density at radius 2 is 1.93 bits per heavy atom. The summed E-state index contributed by atoms with van der Waals surface area (Å²) >= 11 is 2.27. The number of anilines is 1. The van der Waals surface area contributed by atoms with Crippen molar-refractivity contribution in [3.63, 3.8) is 0 Å². The van der Waals surface area contributed by atoms with Gasteiger partial charge in [-0.15, -0.1) is 6.58 Å². The molecule has 0 spiro atoms. The fourth-order valence-corrected chi connectivity index (χ4v) is 4.08. The molecule has 0 unspecified atom stereocenters. The fraction of sp³-hybridized carbons (Fsp3) is 0.217. The lowest BCUT2D eigenvalue weighted by atomic mass is 10.0. The molecule has 3 aromatic rings. The first kappa shape index (κ1) is 20.3. The molecule has 28 heavy (non-hydrogen) atoms. The van der Waals surface area contributed by atoms with Crippen LogP contribution in [-0.2, 0) is 24.7 Å². The first-order valence-electron chi connectivity index (χ1n) is 9.24. The minimum absolute atomic E-state index is 0.0492. The average molecular weight is 486 g/mol. The maximum absolute atomic E-state index is 13.2. The molecular formula is C23H23IN2O2. The van der Waals surface area contributed by atoms with Crippen LogP contribution in [0.3, 0.4) is 0 Å². The molecule has 0 atom stereocenters. The molecule has 0 radical (unpaired) electrons. The Balaban J connectivity index is 2.09. The highest BCUT2D eigenvalue weighted by atomic mass is 127. The van der Waals surface area contributed by atoms with Crippen molar-refractivity contribution < 1.29 is 4.79 Å². The number of rotatable bonds is 6. The number of carbonyl (C=O) groups is 1. The van der Waals surface area contributed by atoms with Crippen molar-refractivity contribution in [3.8, 4) is 0 Å². The zero-order valence-electron chi connectivity index (χ0n) is 16.1. The number of hydrogen-bond acceptors (Lipinski definition) is 2. The molecule has 1 amide bonds. The Labute approximate surface area is 178 Å². The Bertz CT molecular complexity index is 1100. The van der Waals surface area contributed by atoms with Crippen molar-refractivity contribution >= 4 is 45.1 Å². The van der Waals surface area contributed by atoms with Crippen LogP contribution in [0.5, 0.6) is 0 Å². The molecule has 1 heterocycles. The van der Waals surface area contributed by atoms with Crippen molar-refractivity contribution in [2.75, 3.05) is 11.4 Å². The molecule has 144 valence electrons. The molecule has 0 aliphatic carbocycles.